The Kier molecular flexibility index (Phi) is 24.2. The van der Waals surface area contributed by atoms with Crippen LogP contribution < -0.4 is 37.0 Å². The zero-order chi connectivity index (χ0) is 56.2. The maximum Gasteiger partial charge on any atom is 0.305 e. The number of ether oxygens (including phenoxy) is 2. The molecule has 0 spiro atoms. The number of fused-ring (bicyclic) bond motifs is 2. The third-order valence-corrected chi connectivity index (χ3v) is 13.9. The van der Waals surface area contributed by atoms with Crippen molar-refractivity contribution in [3.05, 3.63) is 95.1 Å². The lowest BCUT2D eigenvalue weighted by Crippen LogP contribution is -2.51. The van der Waals surface area contributed by atoms with Crippen molar-refractivity contribution in [2.75, 3.05) is 43.5 Å². The maximum atomic E-state index is 14.2. The average molecular weight is 1050 g/mol. The number of carbonyl (C=O) groups excluding carboxylic acids is 7. The van der Waals surface area contributed by atoms with E-state index in [2.05, 4.69) is 71.9 Å². The minimum Gasteiger partial charge on any atom is -0.461 e. The summed E-state index contributed by atoms with van der Waals surface area (Å²) in [7, 11) is 1.71. The van der Waals surface area contributed by atoms with Gasteiger partial charge in [-0.3, -0.25) is 33.6 Å². The summed E-state index contributed by atoms with van der Waals surface area (Å²) in [6.07, 6.45) is 2.75. The molecule has 0 radical (unpaired) electrons. The van der Waals surface area contributed by atoms with Crippen molar-refractivity contribution in [3.63, 3.8) is 0 Å². The third kappa shape index (κ3) is 19.2. The van der Waals surface area contributed by atoms with Gasteiger partial charge in [0.2, 0.25) is 35.4 Å². The van der Waals surface area contributed by atoms with Crippen molar-refractivity contribution in [1.29, 1.82) is 0 Å². The van der Waals surface area contributed by atoms with Gasteiger partial charge in [0.1, 0.15) is 12.6 Å². The van der Waals surface area contributed by atoms with Crippen LogP contribution in [0, 0.1) is 17.3 Å². The van der Waals surface area contributed by atoms with Crippen LogP contribution in [0.15, 0.2) is 72.8 Å². The Labute approximate surface area is 451 Å². The van der Waals surface area contributed by atoms with Crippen LogP contribution in [0.2, 0.25) is 0 Å². The molecule has 17 nitrogen and oxygen atoms in total. The quantitative estimate of drug-likeness (QED) is 0.0289. The number of anilines is 2. The molecule has 3 aromatic carbocycles. The van der Waals surface area contributed by atoms with Crippen molar-refractivity contribution in [2.45, 2.75) is 158 Å². The number of esters is 1. The lowest BCUT2D eigenvalue weighted by Gasteiger charge is -2.32. The Morgan fingerprint density at radius 2 is 1.45 bits per heavy atom. The van der Waals surface area contributed by atoms with Gasteiger partial charge in [-0.25, -0.2) is 5.43 Å². The number of hydrogen-bond acceptors (Lipinski definition) is 11. The monoisotopic (exact) mass is 1050 g/mol. The predicted molar refractivity (Wildman–Crippen MR) is 299 cm³/mol. The highest BCUT2D eigenvalue weighted by molar-refractivity contribution is 6.01. The fourth-order valence-corrected chi connectivity index (χ4v) is 8.62. The Morgan fingerprint density at radius 3 is 2.11 bits per heavy atom. The molecule has 76 heavy (non-hydrogen) atoms. The van der Waals surface area contributed by atoms with E-state index in [4.69, 9.17) is 9.47 Å². The Morgan fingerprint density at radius 1 is 0.776 bits per heavy atom. The number of hydrogen-bond donors (Lipinski definition) is 6. The highest BCUT2D eigenvalue weighted by Crippen LogP contribution is 2.37. The molecule has 1 heterocycles. The molecule has 416 valence electrons. The highest BCUT2D eigenvalue weighted by Gasteiger charge is 2.31. The molecule has 4 rings (SSSR count). The van der Waals surface area contributed by atoms with Crippen molar-refractivity contribution in [1.82, 2.24) is 31.7 Å². The van der Waals surface area contributed by atoms with Crippen molar-refractivity contribution in [2.24, 2.45) is 17.3 Å². The zero-order valence-electron chi connectivity index (χ0n) is 47.2. The van der Waals surface area contributed by atoms with Crippen molar-refractivity contribution >= 4 is 64.1 Å². The summed E-state index contributed by atoms with van der Waals surface area (Å²) < 4.78 is 11.4. The number of nitrogens with one attached hydrogen (secondary N) is 6. The SMILES string of the molecule is CCC(=O)OCc1ccc(NC(=O)CNC(=O)C(NC(=O)CCCC(=O)N(C)CCC(C)(C)OCCC(C)(C)C(=O)NCCC(=O)N2Cc3ccccc3/C(C)=C(/NNC(CC)C(C)C)c3ccccc32)C(C)C)cc1. The standard InChI is InChI=1S/C59H86N8O9/c1-13-47(39(3)4)64-65-55-41(7)45-21-16-15-20-43(45)37-67(48-23-18-17-22-46(48)55)52(71)30-33-60-57(74)58(8,9)32-35-76-59(10,11)31-34-66(12)51(70)25-19-24-49(68)63-54(40(5)6)56(73)61-36-50(69)62-44-28-26-42(27-29-44)38-75-53(72)14-2/h15-18,20-23,26-29,39-40,47,54,64-65H,13-14,19,24-25,30-38H2,1-12H3,(H,60,74)(H,61,73)(H,62,69)(H,63,68)/b55-41+. The van der Waals surface area contributed by atoms with Crippen LogP contribution in [0.1, 0.15) is 150 Å². The minimum absolute atomic E-state index is 0.0348. The second-order valence-corrected chi connectivity index (χ2v) is 21.6. The van der Waals surface area contributed by atoms with Gasteiger partial charge in [0.15, 0.2) is 0 Å². The zero-order valence-corrected chi connectivity index (χ0v) is 47.2. The smallest absolute Gasteiger partial charge is 0.305 e. The first kappa shape index (κ1) is 62.0. The number of amides is 6. The van der Waals surface area contributed by atoms with Crippen LogP contribution in [0.3, 0.4) is 0 Å². The van der Waals surface area contributed by atoms with Crippen LogP contribution >= 0.6 is 0 Å². The van der Waals surface area contributed by atoms with Gasteiger partial charge in [-0.2, -0.15) is 0 Å². The van der Waals surface area contributed by atoms with E-state index in [1.807, 2.05) is 69.0 Å². The molecule has 0 bridgehead atoms. The molecule has 0 aliphatic carbocycles. The Hall–Kier alpha value is -6.59. The van der Waals surface area contributed by atoms with E-state index in [0.29, 0.717) is 44.1 Å². The number of para-hydroxylation sites is 1. The number of allylic oxidation sites excluding steroid dienone is 1. The summed E-state index contributed by atoms with van der Waals surface area (Å²) in [4.78, 5) is 94.2. The molecule has 17 heteroatoms. The van der Waals surface area contributed by atoms with E-state index < -0.39 is 28.9 Å². The highest BCUT2D eigenvalue weighted by atomic mass is 16.5. The first-order valence-corrected chi connectivity index (χ1v) is 26.9. The predicted octanol–water partition coefficient (Wildman–Crippen LogP) is 8.04. The third-order valence-electron chi connectivity index (χ3n) is 13.9. The van der Waals surface area contributed by atoms with Crippen LogP contribution in [0.5, 0.6) is 0 Å². The number of benzene rings is 3. The molecular weight excluding hydrogens is 965 g/mol. The minimum atomic E-state index is -0.883. The summed E-state index contributed by atoms with van der Waals surface area (Å²) in [6, 6.07) is 22.3. The van der Waals surface area contributed by atoms with E-state index in [1.54, 1.807) is 57.0 Å². The Balaban J connectivity index is 1.17. The van der Waals surface area contributed by atoms with Gasteiger partial charge in [-0.1, -0.05) is 110 Å². The second-order valence-electron chi connectivity index (χ2n) is 21.6. The molecule has 0 saturated carbocycles. The lowest BCUT2D eigenvalue weighted by molar-refractivity contribution is -0.144. The maximum absolute atomic E-state index is 14.2. The van der Waals surface area contributed by atoms with E-state index in [-0.39, 0.29) is 93.4 Å². The molecule has 1 aliphatic heterocycles. The fraction of sp³-hybridized carbons (Fsp3) is 0.542. The summed E-state index contributed by atoms with van der Waals surface area (Å²) in [5.74, 6) is -1.91. The first-order valence-electron chi connectivity index (χ1n) is 26.9. The molecular formula is C59H86N8O9. The average Bonchev–Trinajstić information content (AvgIpc) is 3.38. The van der Waals surface area contributed by atoms with Crippen molar-refractivity contribution in [3.8, 4) is 0 Å². The van der Waals surface area contributed by atoms with Gasteiger partial charge in [-0.15, -0.1) is 0 Å². The molecule has 3 aromatic rings. The molecule has 1 aliphatic rings. The largest absolute Gasteiger partial charge is 0.461 e. The van der Waals surface area contributed by atoms with Gasteiger partial charge >= 0.3 is 5.97 Å². The van der Waals surface area contributed by atoms with Gasteiger partial charge < -0.3 is 46.0 Å². The van der Waals surface area contributed by atoms with Gasteiger partial charge in [0, 0.05) is 75.1 Å². The normalized spacial score (nSPS) is 14.3. The van der Waals surface area contributed by atoms with Crippen LogP contribution in [-0.4, -0.2) is 97.3 Å². The van der Waals surface area contributed by atoms with E-state index in [1.165, 1.54) is 0 Å². The summed E-state index contributed by atoms with van der Waals surface area (Å²) in [5, 5.41) is 11.1. The summed E-state index contributed by atoms with van der Waals surface area (Å²) in [6.45, 7) is 22.7. The molecule has 2 atom stereocenters. The van der Waals surface area contributed by atoms with Crippen LogP contribution in [0.25, 0.3) is 11.3 Å². The molecule has 0 saturated heterocycles. The lowest BCUT2D eigenvalue weighted by atomic mass is 9.88. The van der Waals surface area contributed by atoms with Gasteiger partial charge in [-0.05, 0) is 98.8 Å². The van der Waals surface area contributed by atoms with E-state index in [0.717, 1.165) is 45.6 Å². The van der Waals surface area contributed by atoms with Crippen LogP contribution in [0.4, 0.5) is 11.4 Å². The molecule has 0 aromatic heterocycles. The molecule has 0 fully saturated rings. The first-order chi connectivity index (χ1) is 36.0. The number of hydrazine groups is 1. The molecule has 2 unspecified atom stereocenters. The summed E-state index contributed by atoms with van der Waals surface area (Å²) >= 11 is 0. The van der Waals surface area contributed by atoms with E-state index in [9.17, 15) is 33.6 Å². The van der Waals surface area contributed by atoms with Crippen LogP contribution in [-0.2, 0) is 56.2 Å². The Bertz CT molecular complexity index is 2490. The van der Waals surface area contributed by atoms with E-state index >= 15 is 0 Å². The topological polar surface area (TPSA) is 217 Å². The second kappa shape index (κ2) is 29.6. The number of rotatable bonds is 29. The van der Waals surface area contributed by atoms with Gasteiger partial charge in [0.25, 0.3) is 0 Å². The summed E-state index contributed by atoms with van der Waals surface area (Å²) in [5.41, 5.74) is 12.8. The molecule has 6 amide bonds. The molecule has 6 N–H and O–H groups in total. The van der Waals surface area contributed by atoms with Crippen molar-refractivity contribution < 1.29 is 43.0 Å². The number of nitrogens with zero attached hydrogens (tertiary/aromatic N) is 2. The van der Waals surface area contributed by atoms with Gasteiger partial charge in [0.05, 0.1) is 30.1 Å². The number of carbonyl (C=O) groups is 7. The fourth-order valence-electron chi connectivity index (χ4n) is 8.62.